The van der Waals surface area contributed by atoms with Crippen molar-refractivity contribution in [2.75, 3.05) is 6.61 Å². The van der Waals surface area contributed by atoms with Crippen LogP contribution in [0.3, 0.4) is 0 Å². The van der Waals surface area contributed by atoms with Crippen molar-refractivity contribution in [2.24, 2.45) is 0 Å². The second kappa shape index (κ2) is 6.07. The Labute approximate surface area is 127 Å². The molecule has 23 heavy (non-hydrogen) atoms. The van der Waals surface area contributed by atoms with Crippen LogP contribution in [0.4, 0.5) is 18.9 Å². The highest BCUT2D eigenvalue weighted by Crippen LogP contribution is 2.34. The molecule has 0 saturated carbocycles. The van der Waals surface area contributed by atoms with E-state index in [4.69, 9.17) is 0 Å². The van der Waals surface area contributed by atoms with Gasteiger partial charge in [-0.3, -0.25) is 10.1 Å². The molecule has 2 aromatic rings. The third-order valence-electron chi connectivity index (χ3n) is 2.84. The zero-order valence-corrected chi connectivity index (χ0v) is 11.7. The molecule has 0 saturated heterocycles. The number of halogens is 3. The fourth-order valence-corrected chi connectivity index (χ4v) is 1.89. The summed E-state index contributed by atoms with van der Waals surface area (Å²) in [5.41, 5.74) is -2.37. The van der Waals surface area contributed by atoms with Gasteiger partial charge in [-0.25, -0.2) is 9.48 Å². The Hall–Kier alpha value is -2.91. The van der Waals surface area contributed by atoms with Gasteiger partial charge in [-0.15, -0.1) is 0 Å². The summed E-state index contributed by atoms with van der Waals surface area (Å²) in [6, 6.07) is 4.30. The average molecular weight is 329 g/mol. The standard InChI is InChI=1S/C13H10F3N3O4/c1-2-23-12(20)10-7-17-18(11(10)13(14,15)16)8-3-5-9(6-4-8)19(21)22/h3-7H,2H2,1H3. The second-order valence-corrected chi connectivity index (χ2v) is 4.31. The van der Waals surface area contributed by atoms with Crippen LogP contribution in [0.25, 0.3) is 5.69 Å². The van der Waals surface area contributed by atoms with Gasteiger partial charge in [0.1, 0.15) is 5.56 Å². The van der Waals surface area contributed by atoms with Gasteiger partial charge in [-0.1, -0.05) is 0 Å². The van der Waals surface area contributed by atoms with Gasteiger partial charge >= 0.3 is 12.1 Å². The van der Waals surface area contributed by atoms with E-state index in [1.165, 1.54) is 6.92 Å². The zero-order chi connectivity index (χ0) is 17.2. The monoisotopic (exact) mass is 329 g/mol. The Morgan fingerprint density at radius 3 is 2.43 bits per heavy atom. The molecule has 122 valence electrons. The lowest BCUT2D eigenvalue weighted by atomic mass is 10.2. The predicted molar refractivity (Wildman–Crippen MR) is 71.2 cm³/mol. The van der Waals surface area contributed by atoms with Crippen molar-refractivity contribution in [2.45, 2.75) is 13.1 Å². The van der Waals surface area contributed by atoms with E-state index in [1.54, 1.807) is 0 Å². The predicted octanol–water partition coefficient (Wildman–Crippen LogP) is 2.98. The molecule has 1 heterocycles. The van der Waals surface area contributed by atoms with Crippen LogP contribution in [0.15, 0.2) is 30.5 Å². The quantitative estimate of drug-likeness (QED) is 0.489. The van der Waals surface area contributed by atoms with Crippen LogP contribution in [0.1, 0.15) is 23.0 Å². The number of nitro groups is 1. The molecule has 0 atom stereocenters. The Balaban J connectivity index is 2.54. The lowest BCUT2D eigenvalue weighted by Gasteiger charge is -2.12. The van der Waals surface area contributed by atoms with Crippen LogP contribution in [0.2, 0.25) is 0 Å². The second-order valence-electron chi connectivity index (χ2n) is 4.31. The first-order valence-electron chi connectivity index (χ1n) is 6.33. The van der Waals surface area contributed by atoms with E-state index in [9.17, 15) is 28.1 Å². The summed E-state index contributed by atoms with van der Waals surface area (Å²) in [4.78, 5) is 21.5. The number of nitrogens with zero attached hydrogens (tertiary/aromatic N) is 3. The molecule has 0 aliphatic rings. The minimum Gasteiger partial charge on any atom is -0.462 e. The molecule has 0 amide bonds. The molecule has 1 aromatic heterocycles. The highest BCUT2D eigenvalue weighted by atomic mass is 19.4. The number of hydrogen-bond acceptors (Lipinski definition) is 5. The number of nitro benzene ring substituents is 1. The van der Waals surface area contributed by atoms with E-state index >= 15 is 0 Å². The number of alkyl halides is 3. The molecule has 0 radical (unpaired) electrons. The van der Waals surface area contributed by atoms with E-state index in [0.717, 1.165) is 30.5 Å². The summed E-state index contributed by atoms with van der Waals surface area (Å²) < 4.78 is 44.9. The van der Waals surface area contributed by atoms with Gasteiger partial charge in [0.05, 0.1) is 23.4 Å². The van der Waals surface area contributed by atoms with Crippen molar-refractivity contribution in [1.82, 2.24) is 9.78 Å². The Kier molecular flexibility index (Phi) is 4.34. The zero-order valence-electron chi connectivity index (χ0n) is 11.7. The van der Waals surface area contributed by atoms with Crippen LogP contribution in [0.5, 0.6) is 0 Å². The maximum Gasteiger partial charge on any atom is 0.434 e. The first-order chi connectivity index (χ1) is 10.8. The summed E-state index contributed by atoms with van der Waals surface area (Å²) in [5, 5.41) is 14.1. The molecule has 0 bridgehead atoms. The molecular formula is C13H10F3N3O4. The van der Waals surface area contributed by atoms with Crippen molar-refractivity contribution in [3.8, 4) is 5.69 Å². The minimum atomic E-state index is -4.86. The molecule has 0 aliphatic heterocycles. The third kappa shape index (κ3) is 3.30. The number of ether oxygens (including phenoxy) is 1. The van der Waals surface area contributed by atoms with Crippen molar-refractivity contribution < 1.29 is 27.6 Å². The fourth-order valence-electron chi connectivity index (χ4n) is 1.89. The summed E-state index contributed by atoms with van der Waals surface area (Å²) in [6.45, 7) is 1.38. The molecule has 0 unspecified atom stereocenters. The summed E-state index contributed by atoms with van der Waals surface area (Å²) >= 11 is 0. The largest absolute Gasteiger partial charge is 0.462 e. The number of carbonyl (C=O) groups excluding carboxylic acids is 1. The van der Waals surface area contributed by atoms with Crippen LogP contribution in [0, 0.1) is 10.1 Å². The van der Waals surface area contributed by atoms with Gasteiger partial charge in [0.25, 0.3) is 5.69 Å². The van der Waals surface area contributed by atoms with E-state index in [1.807, 2.05) is 0 Å². The average Bonchev–Trinajstić information content (AvgIpc) is 2.92. The number of hydrogen-bond donors (Lipinski definition) is 0. The van der Waals surface area contributed by atoms with Crippen molar-refractivity contribution >= 4 is 11.7 Å². The highest BCUT2D eigenvalue weighted by molar-refractivity contribution is 5.90. The van der Waals surface area contributed by atoms with Gasteiger partial charge in [-0.05, 0) is 19.1 Å². The van der Waals surface area contributed by atoms with Crippen molar-refractivity contribution in [3.05, 3.63) is 51.8 Å². The third-order valence-corrected chi connectivity index (χ3v) is 2.84. The van der Waals surface area contributed by atoms with Crippen molar-refractivity contribution in [3.63, 3.8) is 0 Å². The maximum atomic E-state index is 13.3. The van der Waals surface area contributed by atoms with Gasteiger partial charge in [0.2, 0.25) is 0 Å². The number of benzene rings is 1. The minimum absolute atomic E-state index is 0.0709. The lowest BCUT2D eigenvalue weighted by molar-refractivity contribution is -0.384. The highest BCUT2D eigenvalue weighted by Gasteiger charge is 2.41. The van der Waals surface area contributed by atoms with Crippen LogP contribution in [-0.2, 0) is 10.9 Å². The Morgan fingerprint density at radius 1 is 1.35 bits per heavy atom. The first kappa shape index (κ1) is 16.5. The number of rotatable bonds is 4. The number of carbonyl (C=O) groups is 1. The smallest absolute Gasteiger partial charge is 0.434 e. The first-order valence-corrected chi connectivity index (χ1v) is 6.33. The molecule has 0 aliphatic carbocycles. The molecule has 0 N–H and O–H groups in total. The Morgan fingerprint density at radius 2 is 1.96 bits per heavy atom. The van der Waals surface area contributed by atoms with Crippen LogP contribution in [-0.4, -0.2) is 27.3 Å². The molecular weight excluding hydrogens is 319 g/mol. The van der Waals surface area contributed by atoms with E-state index < -0.39 is 28.3 Å². The van der Waals surface area contributed by atoms with E-state index in [2.05, 4.69) is 9.84 Å². The topological polar surface area (TPSA) is 87.3 Å². The van der Waals surface area contributed by atoms with E-state index in [-0.39, 0.29) is 18.0 Å². The molecule has 0 fully saturated rings. The summed E-state index contributed by atoms with van der Waals surface area (Å²) in [7, 11) is 0. The van der Waals surface area contributed by atoms with Gasteiger partial charge in [-0.2, -0.15) is 18.3 Å². The van der Waals surface area contributed by atoms with Gasteiger partial charge < -0.3 is 4.74 Å². The molecule has 0 spiro atoms. The summed E-state index contributed by atoms with van der Waals surface area (Å²) in [6.07, 6.45) is -4.11. The maximum absolute atomic E-state index is 13.3. The van der Waals surface area contributed by atoms with Crippen LogP contribution >= 0.6 is 0 Å². The van der Waals surface area contributed by atoms with E-state index in [0.29, 0.717) is 4.68 Å². The summed E-state index contributed by atoms with van der Waals surface area (Å²) in [5.74, 6) is -1.15. The lowest BCUT2D eigenvalue weighted by Crippen LogP contribution is -2.18. The van der Waals surface area contributed by atoms with Gasteiger partial charge in [0, 0.05) is 12.1 Å². The molecule has 2 rings (SSSR count). The normalized spacial score (nSPS) is 11.3. The molecule has 7 nitrogen and oxygen atoms in total. The van der Waals surface area contributed by atoms with Crippen molar-refractivity contribution in [1.29, 1.82) is 0 Å². The fraction of sp³-hybridized carbons (Fsp3) is 0.231. The van der Waals surface area contributed by atoms with Crippen LogP contribution < -0.4 is 0 Å². The number of aromatic nitrogens is 2. The number of esters is 1. The molecule has 10 heteroatoms. The Bertz CT molecular complexity index is 738. The SMILES string of the molecule is CCOC(=O)c1cnn(-c2ccc([N+](=O)[O-])cc2)c1C(F)(F)F. The molecule has 1 aromatic carbocycles. The number of non-ortho nitro benzene ring substituents is 1. The van der Waals surface area contributed by atoms with Gasteiger partial charge in [0.15, 0.2) is 5.69 Å².